The van der Waals surface area contributed by atoms with Crippen molar-refractivity contribution in [2.24, 2.45) is 5.92 Å². The van der Waals surface area contributed by atoms with Gasteiger partial charge in [0.1, 0.15) is 5.01 Å². The molecule has 2 aromatic rings. The van der Waals surface area contributed by atoms with Gasteiger partial charge in [0.2, 0.25) is 11.0 Å². The summed E-state index contributed by atoms with van der Waals surface area (Å²) in [6, 6.07) is 7.47. The highest BCUT2D eigenvalue weighted by molar-refractivity contribution is 8.00. The van der Waals surface area contributed by atoms with Crippen LogP contribution in [-0.4, -0.2) is 21.9 Å². The molecule has 0 unspecified atom stereocenters. The molecule has 0 atom stereocenters. The van der Waals surface area contributed by atoms with Crippen molar-refractivity contribution < 1.29 is 4.79 Å². The van der Waals surface area contributed by atoms with Gasteiger partial charge in [0, 0.05) is 11.3 Å². The number of hydrogen-bond acceptors (Lipinski definition) is 5. The predicted molar refractivity (Wildman–Crippen MR) is 89.3 cm³/mol. The van der Waals surface area contributed by atoms with Crippen molar-refractivity contribution in [3.63, 3.8) is 0 Å². The van der Waals surface area contributed by atoms with E-state index in [0.29, 0.717) is 21.8 Å². The van der Waals surface area contributed by atoms with Crippen LogP contribution < -0.4 is 5.32 Å². The maximum atomic E-state index is 11.9. The maximum absolute atomic E-state index is 11.9. The van der Waals surface area contributed by atoms with Gasteiger partial charge in [-0.15, -0.1) is 22.0 Å². The standard InChI is InChI=1S/C14H16ClN3OS2/c1-9(2)7-13-17-18-14(21-13)16-12(19)8-20-11-6-4-3-5-10(11)15/h3-6,9H,7-8H2,1-2H3,(H,16,18,19). The minimum absolute atomic E-state index is 0.104. The zero-order valence-electron chi connectivity index (χ0n) is 11.8. The minimum Gasteiger partial charge on any atom is -0.300 e. The van der Waals surface area contributed by atoms with E-state index in [-0.39, 0.29) is 5.91 Å². The monoisotopic (exact) mass is 341 g/mol. The molecular formula is C14H16ClN3OS2. The number of thioether (sulfide) groups is 1. The molecule has 1 aromatic heterocycles. The molecule has 0 aliphatic rings. The fourth-order valence-corrected chi connectivity index (χ4v) is 3.60. The number of carbonyl (C=O) groups is 1. The lowest BCUT2D eigenvalue weighted by atomic mass is 10.1. The fourth-order valence-electron chi connectivity index (χ4n) is 1.60. The molecule has 0 fully saturated rings. The first-order chi connectivity index (χ1) is 10.0. The van der Waals surface area contributed by atoms with E-state index in [1.807, 2.05) is 24.3 Å². The molecule has 112 valence electrons. The lowest BCUT2D eigenvalue weighted by Crippen LogP contribution is -2.13. The van der Waals surface area contributed by atoms with Crippen LogP contribution in [0.3, 0.4) is 0 Å². The van der Waals surface area contributed by atoms with Gasteiger partial charge in [0.05, 0.1) is 10.8 Å². The van der Waals surface area contributed by atoms with Gasteiger partial charge in [0.25, 0.3) is 0 Å². The summed E-state index contributed by atoms with van der Waals surface area (Å²) < 4.78 is 0. The molecule has 0 bridgehead atoms. The molecule has 0 radical (unpaired) electrons. The van der Waals surface area contributed by atoms with Gasteiger partial charge in [-0.1, -0.05) is 48.9 Å². The first kappa shape index (κ1) is 16.3. The number of rotatable bonds is 6. The summed E-state index contributed by atoms with van der Waals surface area (Å²) in [4.78, 5) is 12.8. The van der Waals surface area contributed by atoms with Crippen LogP contribution >= 0.6 is 34.7 Å². The van der Waals surface area contributed by atoms with Crippen LogP contribution in [0.5, 0.6) is 0 Å². The van der Waals surface area contributed by atoms with Crippen LogP contribution in [0.1, 0.15) is 18.9 Å². The number of carbonyl (C=O) groups excluding carboxylic acids is 1. The van der Waals surface area contributed by atoms with Crippen molar-refractivity contribution in [3.05, 3.63) is 34.3 Å². The first-order valence-electron chi connectivity index (χ1n) is 6.54. The highest BCUT2D eigenvalue weighted by atomic mass is 35.5. The van der Waals surface area contributed by atoms with E-state index in [2.05, 4.69) is 29.4 Å². The summed E-state index contributed by atoms with van der Waals surface area (Å²) >= 11 is 8.88. The van der Waals surface area contributed by atoms with Crippen LogP contribution in [0.25, 0.3) is 0 Å². The van der Waals surface area contributed by atoms with E-state index in [1.54, 1.807) is 0 Å². The topological polar surface area (TPSA) is 54.9 Å². The SMILES string of the molecule is CC(C)Cc1nnc(NC(=O)CSc2ccccc2Cl)s1. The second-order valence-electron chi connectivity index (χ2n) is 4.87. The van der Waals surface area contributed by atoms with Gasteiger partial charge in [0.15, 0.2) is 0 Å². The smallest absolute Gasteiger partial charge is 0.236 e. The highest BCUT2D eigenvalue weighted by Crippen LogP contribution is 2.26. The summed E-state index contributed by atoms with van der Waals surface area (Å²) in [5, 5.41) is 13.0. The molecule has 0 saturated heterocycles. The van der Waals surface area contributed by atoms with Crippen molar-refractivity contribution in [3.8, 4) is 0 Å². The third-order valence-electron chi connectivity index (χ3n) is 2.49. The Morgan fingerprint density at radius 2 is 2.14 bits per heavy atom. The van der Waals surface area contributed by atoms with Crippen LogP contribution in [0.2, 0.25) is 5.02 Å². The van der Waals surface area contributed by atoms with Crippen LogP contribution in [0.15, 0.2) is 29.2 Å². The van der Waals surface area contributed by atoms with Crippen LogP contribution in [0, 0.1) is 5.92 Å². The first-order valence-corrected chi connectivity index (χ1v) is 8.72. The molecule has 1 heterocycles. The molecule has 2 rings (SSSR count). The maximum Gasteiger partial charge on any atom is 0.236 e. The molecule has 4 nitrogen and oxygen atoms in total. The quantitative estimate of drug-likeness (QED) is 0.803. The lowest BCUT2D eigenvalue weighted by molar-refractivity contribution is -0.113. The molecule has 0 spiro atoms. The number of anilines is 1. The zero-order valence-corrected chi connectivity index (χ0v) is 14.2. The van der Waals surface area contributed by atoms with E-state index in [4.69, 9.17) is 11.6 Å². The second kappa shape index (κ2) is 7.77. The lowest BCUT2D eigenvalue weighted by Gasteiger charge is -2.03. The van der Waals surface area contributed by atoms with Crippen molar-refractivity contribution in [1.29, 1.82) is 0 Å². The largest absolute Gasteiger partial charge is 0.300 e. The molecule has 0 saturated carbocycles. The third-order valence-corrected chi connectivity index (χ3v) is 4.87. The normalized spacial score (nSPS) is 10.9. The summed E-state index contributed by atoms with van der Waals surface area (Å²) in [6.07, 6.45) is 0.877. The molecule has 1 amide bonds. The Labute approximate surface area is 137 Å². The van der Waals surface area contributed by atoms with Crippen molar-refractivity contribution in [1.82, 2.24) is 10.2 Å². The Bertz CT molecular complexity index is 616. The molecule has 21 heavy (non-hydrogen) atoms. The molecule has 0 aliphatic heterocycles. The number of amides is 1. The van der Waals surface area contributed by atoms with Gasteiger partial charge in [-0.25, -0.2) is 0 Å². The van der Waals surface area contributed by atoms with Crippen LogP contribution in [0.4, 0.5) is 5.13 Å². The van der Waals surface area contributed by atoms with Crippen molar-refractivity contribution in [2.45, 2.75) is 25.2 Å². The number of nitrogens with one attached hydrogen (secondary N) is 1. The average molecular weight is 342 g/mol. The number of aromatic nitrogens is 2. The predicted octanol–water partition coefficient (Wildman–Crippen LogP) is 4.12. The molecular weight excluding hydrogens is 326 g/mol. The van der Waals surface area contributed by atoms with Gasteiger partial charge >= 0.3 is 0 Å². The Kier molecular flexibility index (Phi) is 6.02. The minimum atomic E-state index is -0.104. The Balaban J connectivity index is 1.84. The number of hydrogen-bond donors (Lipinski definition) is 1. The van der Waals surface area contributed by atoms with E-state index in [1.165, 1.54) is 23.1 Å². The average Bonchev–Trinajstić information content (AvgIpc) is 2.84. The fraction of sp³-hybridized carbons (Fsp3) is 0.357. The number of benzene rings is 1. The zero-order chi connectivity index (χ0) is 15.2. The van der Waals surface area contributed by atoms with Crippen LogP contribution in [-0.2, 0) is 11.2 Å². The van der Waals surface area contributed by atoms with Crippen molar-refractivity contribution >= 4 is 45.7 Å². The molecule has 1 aromatic carbocycles. The molecule has 1 N–H and O–H groups in total. The van der Waals surface area contributed by atoms with E-state index >= 15 is 0 Å². The van der Waals surface area contributed by atoms with E-state index < -0.39 is 0 Å². The van der Waals surface area contributed by atoms with Crippen molar-refractivity contribution in [2.75, 3.05) is 11.1 Å². The Hall–Kier alpha value is -1.11. The number of nitrogens with zero attached hydrogens (tertiary/aromatic N) is 2. The Morgan fingerprint density at radius 3 is 2.86 bits per heavy atom. The summed E-state index contributed by atoms with van der Waals surface area (Å²) in [5.74, 6) is 0.715. The van der Waals surface area contributed by atoms with E-state index in [0.717, 1.165) is 16.3 Å². The van der Waals surface area contributed by atoms with Gasteiger partial charge in [-0.05, 0) is 18.1 Å². The molecule has 7 heteroatoms. The second-order valence-corrected chi connectivity index (χ2v) is 7.35. The highest BCUT2D eigenvalue weighted by Gasteiger charge is 2.10. The number of halogens is 1. The summed E-state index contributed by atoms with van der Waals surface area (Å²) in [5.41, 5.74) is 0. The third kappa shape index (κ3) is 5.30. The van der Waals surface area contributed by atoms with Gasteiger partial charge in [-0.2, -0.15) is 0 Å². The van der Waals surface area contributed by atoms with Gasteiger partial charge in [-0.3, -0.25) is 10.1 Å². The summed E-state index contributed by atoms with van der Waals surface area (Å²) in [6.45, 7) is 4.25. The van der Waals surface area contributed by atoms with Gasteiger partial charge < -0.3 is 0 Å². The van der Waals surface area contributed by atoms with E-state index in [9.17, 15) is 4.79 Å². The molecule has 0 aliphatic carbocycles. The summed E-state index contributed by atoms with van der Waals surface area (Å²) in [7, 11) is 0. The Morgan fingerprint density at radius 1 is 1.38 bits per heavy atom.